The number of ether oxygens (including phenoxy) is 2. The minimum absolute atomic E-state index is 0.166. The maximum absolute atomic E-state index is 11.7. The van der Waals surface area contributed by atoms with Crippen LogP contribution < -0.4 is 10.2 Å². The zero-order chi connectivity index (χ0) is 18.1. The Morgan fingerprint density at radius 2 is 1.96 bits per heavy atom. The SMILES string of the molecule is CCCOC(=O)c1ccc(OCC(=O)NN=Cc2ccc(C)s2)cc1. The first-order valence-electron chi connectivity index (χ1n) is 7.87. The molecule has 1 N–H and O–H groups in total. The van der Waals surface area contributed by atoms with Crippen LogP contribution in [0.1, 0.15) is 33.5 Å². The van der Waals surface area contributed by atoms with Gasteiger partial charge in [0.1, 0.15) is 5.75 Å². The second-order valence-corrected chi connectivity index (χ2v) is 6.51. The van der Waals surface area contributed by atoms with Crippen LogP contribution in [0, 0.1) is 6.92 Å². The van der Waals surface area contributed by atoms with Crippen molar-refractivity contribution in [3.05, 3.63) is 51.7 Å². The van der Waals surface area contributed by atoms with E-state index in [1.807, 2.05) is 26.0 Å². The molecule has 1 heterocycles. The molecule has 0 aliphatic carbocycles. The number of benzene rings is 1. The molecule has 132 valence electrons. The summed E-state index contributed by atoms with van der Waals surface area (Å²) in [4.78, 5) is 25.5. The first-order chi connectivity index (χ1) is 12.1. The molecule has 1 aromatic heterocycles. The van der Waals surface area contributed by atoms with Crippen LogP contribution >= 0.6 is 11.3 Å². The summed E-state index contributed by atoms with van der Waals surface area (Å²) in [5.74, 6) is -0.250. The number of hydrazone groups is 1. The molecular formula is C18H20N2O4S. The molecule has 25 heavy (non-hydrogen) atoms. The highest BCUT2D eigenvalue weighted by Gasteiger charge is 2.07. The predicted octanol–water partition coefficient (Wildman–Crippen LogP) is 3.15. The number of rotatable bonds is 8. The van der Waals surface area contributed by atoms with Gasteiger partial charge in [0.05, 0.1) is 18.4 Å². The maximum atomic E-state index is 11.7. The number of carbonyl (C=O) groups excluding carboxylic acids is 2. The number of carbonyl (C=O) groups is 2. The third kappa shape index (κ3) is 6.39. The van der Waals surface area contributed by atoms with E-state index >= 15 is 0 Å². The number of hydrogen-bond acceptors (Lipinski definition) is 6. The Bertz CT molecular complexity index is 738. The van der Waals surface area contributed by atoms with Crippen molar-refractivity contribution in [3.63, 3.8) is 0 Å². The van der Waals surface area contributed by atoms with E-state index in [1.54, 1.807) is 41.8 Å². The predicted molar refractivity (Wildman–Crippen MR) is 97.3 cm³/mol. The number of hydrogen-bond donors (Lipinski definition) is 1. The fourth-order valence-electron chi connectivity index (χ4n) is 1.84. The summed E-state index contributed by atoms with van der Waals surface area (Å²) < 4.78 is 10.4. The van der Waals surface area contributed by atoms with E-state index < -0.39 is 0 Å². The first-order valence-corrected chi connectivity index (χ1v) is 8.68. The Morgan fingerprint density at radius 3 is 2.60 bits per heavy atom. The van der Waals surface area contributed by atoms with Crippen molar-refractivity contribution < 1.29 is 19.1 Å². The van der Waals surface area contributed by atoms with Gasteiger partial charge in [0, 0.05) is 9.75 Å². The smallest absolute Gasteiger partial charge is 0.338 e. The van der Waals surface area contributed by atoms with Gasteiger partial charge in [-0.05, 0) is 49.7 Å². The number of aryl methyl sites for hydroxylation is 1. The van der Waals surface area contributed by atoms with Crippen molar-refractivity contribution in [3.8, 4) is 5.75 Å². The zero-order valence-corrected chi connectivity index (χ0v) is 15.0. The monoisotopic (exact) mass is 360 g/mol. The van der Waals surface area contributed by atoms with E-state index in [0.29, 0.717) is 17.9 Å². The quantitative estimate of drug-likeness (QED) is 0.446. The number of thiophene rings is 1. The summed E-state index contributed by atoms with van der Waals surface area (Å²) in [6.07, 6.45) is 2.36. The van der Waals surface area contributed by atoms with Gasteiger partial charge < -0.3 is 9.47 Å². The lowest BCUT2D eigenvalue weighted by Crippen LogP contribution is -2.24. The van der Waals surface area contributed by atoms with Crippen molar-refractivity contribution in [1.82, 2.24) is 5.43 Å². The van der Waals surface area contributed by atoms with Crippen molar-refractivity contribution in [2.45, 2.75) is 20.3 Å². The normalized spacial score (nSPS) is 10.6. The van der Waals surface area contributed by atoms with Gasteiger partial charge in [-0.1, -0.05) is 6.92 Å². The van der Waals surface area contributed by atoms with E-state index in [9.17, 15) is 9.59 Å². The average molecular weight is 360 g/mol. The summed E-state index contributed by atoms with van der Waals surface area (Å²) in [5.41, 5.74) is 2.85. The van der Waals surface area contributed by atoms with Crippen molar-refractivity contribution in [2.24, 2.45) is 5.10 Å². The maximum Gasteiger partial charge on any atom is 0.338 e. The largest absolute Gasteiger partial charge is 0.484 e. The van der Waals surface area contributed by atoms with Crippen LogP contribution in [0.5, 0.6) is 5.75 Å². The molecule has 0 bridgehead atoms. The van der Waals surface area contributed by atoms with Gasteiger partial charge in [-0.2, -0.15) is 5.10 Å². The van der Waals surface area contributed by atoms with Gasteiger partial charge in [-0.25, -0.2) is 10.2 Å². The zero-order valence-electron chi connectivity index (χ0n) is 14.2. The third-order valence-electron chi connectivity index (χ3n) is 3.04. The molecule has 7 heteroatoms. The molecule has 0 saturated carbocycles. The van der Waals surface area contributed by atoms with Gasteiger partial charge in [0.15, 0.2) is 6.61 Å². The molecule has 0 spiro atoms. The Kier molecular flexibility index (Phi) is 7.16. The highest BCUT2D eigenvalue weighted by molar-refractivity contribution is 7.13. The third-order valence-corrected chi connectivity index (χ3v) is 3.97. The van der Waals surface area contributed by atoms with Gasteiger partial charge in [0.2, 0.25) is 0 Å². The average Bonchev–Trinajstić information content (AvgIpc) is 3.03. The van der Waals surface area contributed by atoms with Crippen molar-refractivity contribution in [1.29, 1.82) is 0 Å². The molecule has 1 aromatic carbocycles. The number of amides is 1. The second-order valence-electron chi connectivity index (χ2n) is 5.19. The molecule has 0 aliphatic heterocycles. The molecule has 0 radical (unpaired) electrons. The van der Waals surface area contributed by atoms with Gasteiger partial charge in [-0.3, -0.25) is 4.79 Å². The van der Waals surface area contributed by atoms with Gasteiger partial charge >= 0.3 is 5.97 Å². The Labute approximate surface area is 150 Å². The fraction of sp³-hybridized carbons (Fsp3) is 0.278. The molecule has 0 atom stereocenters. The van der Waals surface area contributed by atoms with E-state index in [1.165, 1.54) is 4.88 Å². The highest BCUT2D eigenvalue weighted by Crippen LogP contribution is 2.13. The standard InChI is InChI=1S/C18H20N2O4S/c1-3-10-23-18(22)14-5-7-15(8-6-14)24-12-17(21)20-19-11-16-9-4-13(2)25-16/h4-9,11H,3,10,12H2,1-2H3,(H,20,21). The molecule has 2 aromatic rings. The van der Waals surface area contributed by atoms with Crippen LogP contribution in [0.15, 0.2) is 41.5 Å². The van der Waals surface area contributed by atoms with Gasteiger partial charge in [0.25, 0.3) is 5.91 Å². The summed E-state index contributed by atoms with van der Waals surface area (Å²) in [6.45, 7) is 4.16. The summed E-state index contributed by atoms with van der Waals surface area (Å²) in [7, 11) is 0. The van der Waals surface area contributed by atoms with E-state index in [2.05, 4.69) is 10.5 Å². The van der Waals surface area contributed by atoms with Crippen LogP contribution in [-0.2, 0) is 9.53 Å². The van der Waals surface area contributed by atoms with Crippen LogP contribution in [0.25, 0.3) is 0 Å². The van der Waals surface area contributed by atoms with E-state index in [-0.39, 0.29) is 18.5 Å². The van der Waals surface area contributed by atoms with Crippen LogP contribution in [0.3, 0.4) is 0 Å². The van der Waals surface area contributed by atoms with E-state index in [4.69, 9.17) is 9.47 Å². The van der Waals surface area contributed by atoms with Gasteiger partial charge in [-0.15, -0.1) is 11.3 Å². The minimum atomic E-state index is -0.371. The number of esters is 1. The van der Waals surface area contributed by atoms with Crippen molar-refractivity contribution >= 4 is 29.4 Å². The second kappa shape index (κ2) is 9.58. The lowest BCUT2D eigenvalue weighted by molar-refractivity contribution is -0.123. The van der Waals surface area contributed by atoms with Crippen LogP contribution in [-0.4, -0.2) is 31.3 Å². The number of nitrogens with one attached hydrogen (secondary N) is 1. The van der Waals surface area contributed by atoms with Crippen LogP contribution in [0.4, 0.5) is 0 Å². The molecular weight excluding hydrogens is 340 g/mol. The Morgan fingerprint density at radius 1 is 1.20 bits per heavy atom. The molecule has 0 unspecified atom stereocenters. The molecule has 6 nitrogen and oxygen atoms in total. The summed E-state index contributed by atoms with van der Waals surface area (Å²) in [5, 5.41) is 3.88. The fourth-order valence-corrected chi connectivity index (χ4v) is 2.59. The molecule has 0 fully saturated rings. The minimum Gasteiger partial charge on any atom is -0.484 e. The van der Waals surface area contributed by atoms with Crippen molar-refractivity contribution in [2.75, 3.05) is 13.2 Å². The van der Waals surface area contributed by atoms with E-state index in [0.717, 1.165) is 11.3 Å². The molecule has 0 aliphatic rings. The molecule has 0 saturated heterocycles. The first kappa shape index (κ1) is 18.7. The molecule has 2 rings (SSSR count). The lowest BCUT2D eigenvalue weighted by Gasteiger charge is -2.06. The number of nitrogens with zero attached hydrogens (tertiary/aromatic N) is 1. The van der Waals surface area contributed by atoms with Crippen LogP contribution in [0.2, 0.25) is 0 Å². The Hall–Kier alpha value is -2.67. The summed E-state index contributed by atoms with van der Waals surface area (Å²) in [6, 6.07) is 10.4. The summed E-state index contributed by atoms with van der Waals surface area (Å²) >= 11 is 1.59. The lowest BCUT2D eigenvalue weighted by atomic mass is 10.2. The molecule has 1 amide bonds. The highest BCUT2D eigenvalue weighted by atomic mass is 32.1. The topological polar surface area (TPSA) is 77.0 Å². The Balaban J connectivity index is 1.75.